The van der Waals surface area contributed by atoms with E-state index >= 15 is 0 Å². The van der Waals surface area contributed by atoms with Crippen LogP contribution < -0.4 is 5.43 Å². The summed E-state index contributed by atoms with van der Waals surface area (Å²) in [5.41, 5.74) is 3.54. The van der Waals surface area contributed by atoms with Gasteiger partial charge in [0.25, 0.3) is 0 Å². The molecular weight excluding hydrogens is 184 g/mol. The molecule has 0 aromatic carbocycles. The van der Waals surface area contributed by atoms with E-state index in [1.807, 2.05) is 14.1 Å². The van der Waals surface area contributed by atoms with Gasteiger partial charge in [0.05, 0.1) is 12.2 Å². The first kappa shape index (κ1) is 10.6. The maximum absolute atomic E-state index is 10.7. The van der Waals surface area contributed by atoms with E-state index in [1.54, 1.807) is 5.01 Å². The van der Waals surface area contributed by atoms with Crippen molar-refractivity contribution < 1.29 is 9.90 Å². The highest BCUT2D eigenvalue weighted by molar-refractivity contribution is 5.88. The molecule has 1 heterocycles. The van der Waals surface area contributed by atoms with E-state index < -0.39 is 5.97 Å². The molecule has 0 spiro atoms. The Kier molecular flexibility index (Phi) is 3.49. The number of carbonyl (C=O) groups is 1. The zero-order valence-corrected chi connectivity index (χ0v) is 8.06. The van der Waals surface area contributed by atoms with Crippen molar-refractivity contribution in [3.63, 3.8) is 0 Å². The number of aromatic carboxylic acids is 1. The smallest absolute Gasteiger partial charge is 0.339 e. The van der Waals surface area contributed by atoms with E-state index in [0.717, 1.165) is 0 Å². The van der Waals surface area contributed by atoms with Crippen LogP contribution in [-0.2, 0) is 6.54 Å². The van der Waals surface area contributed by atoms with Gasteiger partial charge >= 0.3 is 5.97 Å². The summed E-state index contributed by atoms with van der Waals surface area (Å²) in [6, 6.07) is 0. The monoisotopic (exact) mass is 196 g/mol. The van der Waals surface area contributed by atoms with Crippen LogP contribution in [0, 0.1) is 0 Å². The third kappa shape index (κ3) is 2.75. The fraction of sp³-hybridized carbons (Fsp3) is 0.375. The number of nitrogens with zero attached hydrogens (tertiary/aromatic N) is 3. The summed E-state index contributed by atoms with van der Waals surface area (Å²) in [6.45, 7) is 0.372. The zero-order chi connectivity index (χ0) is 10.6. The molecule has 1 rings (SSSR count). The summed E-state index contributed by atoms with van der Waals surface area (Å²) in [7, 11) is 3.64. The van der Waals surface area contributed by atoms with Crippen LogP contribution in [0.3, 0.4) is 0 Å². The minimum absolute atomic E-state index is 0.127. The van der Waals surface area contributed by atoms with E-state index in [0.29, 0.717) is 12.2 Å². The summed E-state index contributed by atoms with van der Waals surface area (Å²) in [4.78, 5) is 18.3. The van der Waals surface area contributed by atoms with E-state index in [4.69, 9.17) is 5.11 Å². The Morgan fingerprint density at radius 1 is 1.64 bits per heavy atom. The average molecular weight is 196 g/mol. The van der Waals surface area contributed by atoms with Crippen LogP contribution in [0.4, 0.5) is 0 Å². The molecule has 1 aromatic heterocycles. The predicted octanol–water partition coefficient (Wildman–Crippen LogP) is -0.259. The maximum atomic E-state index is 10.7. The normalized spacial score (nSPS) is 10.5. The number of hydrogen-bond acceptors (Lipinski definition) is 5. The standard InChI is InChI=1S/C8H12N4O2/c1-12(2)11-4-7-6(8(13)14)3-9-5-10-7/h3,5,11H,4H2,1-2H3,(H,13,14). The van der Waals surface area contributed by atoms with Crippen molar-refractivity contribution in [1.82, 2.24) is 20.4 Å². The van der Waals surface area contributed by atoms with Crippen molar-refractivity contribution >= 4 is 5.97 Å². The van der Waals surface area contributed by atoms with Crippen LogP contribution in [0.15, 0.2) is 12.5 Å². The lowest BCUT2D eigenvalue weighted by atomic mass is 10.2. The van der Waals surface area contributed by atoms with E-state index in [-0.39, 0.29) is 5.56 Å². The van der Waals surface area contributed by atoms with Gasteiger partial charge in [-0.3, -0.25) is 5.01 Å². The Morgan fingerprint density at radius 3 is 2.93 bits per heavy atom. The molecule has 0 saturated heterocycles. The molecule has 0 unspecified atom stereocenters. The first-order valence-corrected chi connectivity index (χ1v) is 4.04. The number of hydrazine groups is 1. The molecule has 14 heavy (non-hydrogen) atoms. The molecule has 0 aliphatic heterocycles. The first-order chi connectivity index (χ1) is 6.61. The molecule has 0 saturated carbocycles. The number of nitrogens with one attached hydrogen (secondary N) is 1. The fourth-order valence-electron chi connectivity index (χ4n) is 0.907. The quantitative estimate of drug-likeness (QED) is 0.646. The number of aromatic nitrogens is 2. The van der Waals surface area contributed by atoms with E-state index in [9.17, 15) is 4.79 Å². The number of carboxylic acids is 1. The predicted molar refractivity (Wildman–Crippen MR) is 49.5 cm³/mol. The van der Waals surface area contributed by atoms with Gasteiger partial charge in [-0.05, 0) is 0 Å². The van der Waals surface area contributed by atoms with Crippen LogP contribution >= 0.6 is 0 Å². The molecule has 0 bridgehead atoms. The highest BCUT2D eigenvalue weighted by atomic mass is 16.4. The first-order valence-electron chi connectivity index (χ1n) is 4.04. The Labute approximate surface area is 81.6 Å². The molecule has 0 radical (unpaired) electrons. The molecule has 1 aromatic rings. The molecule has 76 valence electrons. The van der Waals surface area contributed by atoms with Crippen LogP contribution in [0.1, 0.15) is 16.1 Å². The lowest BCUT2D eigenvalue weighted by molar-refractivity contribution is 0.0694. The SMILES string of the molecule is CN(C)NCc1ncncc1C(=O)O. The number of rotatable bonds is 4. The Morgan fingerprint density at radius 2 is 2.36 bits per heavy atom. The fourth-order valence-corrected chi connectivity index (χ4v) is 0.907. The molecular formula is C8H12N4O2. The van der Waals surface area contributed by atoms with Gasteiger partial charge in [0.1, 0.15) is 11.9 Å². The molecule has 0 fully saturated rings. The molecule has 0 aliphatic rings. The molecule has 2 N–H and O–H groups in total. The Bertz CT molecular complexity index is 327. The van der Waals surface area contributed by atoms with E-state index in [1.165, 1.54) is 12.5 Å². The van der Waals surface area contributed by atoms with Crippen molar-refractivity contribution in [2.45, 2.75) is 6.54 Å². The van der Waals surface area contributed by atoms with Crippen LogP contribution in [0.25, 0.3) is 0 Å². The molecule has 6 nitrogen and oxygen atoms in total. The second-order valence-corrected chi connectivity index (χ2v) is 2.92. The van der Waals surface area contributed by atoms with E-state index in [2.05, 4.69) is 15.4 Å². The third-order valence-corrected chi connectivity index (χ3v) is 1.59. The third-order valence-electron chi connectivity index (χ3n) is 1.59. The Hall–Kier alpha value is -1.53. The minimum Gasteiger partial charge on any atom is -0.478 e. The topological polar surface area (TPSA) is 78.3 Å². The van der Waals surface area contributed by atoms with Crippen molar-refractivity contribution in [1.29, 1.82) is 0 Å². The maximum Gasteiger partial charge on any atom is 0.339 e. The summed E-state index contributed by atoms with van der Waals surface area (Å²) < 4.78 is 0. The number of hydrogen-bond donors (Lipinski definition) is 2. The van der Waals surface area contributed by atoms with Crippen molar-refractivity contribution in [3.8, 4) is 0 Å². The summed E-state index contributed by atoms with van der Waals surface area (Å²) in [5, 5.41) is 10.5. The highest BCUT2D eigenvalue weighted by Gasteiger charge is 2.10. The molecule has 0 aliphatic carbocycles. The van der Waals surface area contributed by atoms with Crippen molar-refractivity contribution in [3.05, 3.63) is 23.8 Å². The zero-order valence-electron chi connectivity index (χ0n) is 8.06. The second-order valence-electron chi connectivity index (χ2n) is 2.92. The van der Waals surface area contributed by atoms with Gasteiger partial charge in [0, 0.05) is 20.3 Å². The van der Waals surface area contributed by atoms with Crippen LogP contribution in [0.2, 0.25) is 0 Å². The van der Waals surface area contributed by atoms with Gasteiger partial charge < -0.3 is 5.11 Å². The van der Waals surface area contributed by atoms with Gasteiger partial charge in [0.2, 0.25) is 0 Å². The molecule has 0 atom stereocenters. The van der Waals surface area contributed by atoms with Crippen molar-refractivity contribution in [2.24, 2.45) is 0 Å². The highest BCUT2D eigenvalue weighted by Crippen LogP contribution is 2.02. The number of carboxylic acid groups (broad SMARTS) is 1. The van der Waals surface area contributed by atoms with Crippen LogP contribution in [-0.4, -0.2) is 40.1 Å². The van der Waals surface area contributed by atoms with Crippen LogP contribution in [0.5, 0.6) is 0 Å². The van der Waals surface area contributed by atoms with Crippen molar-refractivity contribution in [2.75, 3.05) is 14.1 Å². The Balaban J connectivity index is 2.79. The summed E-state index contributed by atoms with van der Waals surface area (Å²) >= 11 is 0. The largest absolute Gasteiger partial charge is 0.478 e. The molecule has 6 heteroatoms. The van der Waals surface area contributed by atoms with Gasteiger partial charge in [-0.25, -0.2) is 20.2 Å². The van der Waals surface area contributed by atoms with Gasteiger partial charge in [-0.1, -0.05) is 0 Å². The van der Waals surface area contributed by atoms with Gasteiger partial charge in [-0.15, -0.1) is 0 Å². The van der Waals surface area contributed by atoms with Gasteiger partial charge in [0.15, 0.2) is 0 Å². The molecule has 0 amide bonds. The minimum atomic E-state index is -1.01. The summed E-state index contributed by atoms with van der Waals surface area (Å²) in [5.74, 6) is -1.01. The second kappa shape index (κ2) is 4.64. The summed E-state index contributed by atoms with van der Waals surface area (Å²) in [6.07, 6.45) is 2.63. The average Bonchev–Trinajstić information content (AvgIpc) is 2.15. The lowest BCUT2D eigenvalue weighted by Gasteiger charge is -2.11. The lowest BCUT2D eigenvalue weighted by Crippen LogP contribution is -2.30. The van der Waals surface area contributed by atoms with Gasteiger partial charge in [-0.2, -0.15) is 0 Å².